The van der Waals surface area contributed by atoms with E-state index in [0.29, 0.717) is 11.4 Å². The minimum Gasteiger partial charge on any atom is -0.207 e. The third-order valence-corrected chi connectivity index (χ3v) is 5.19. The van der Waals surface area contributed by atoms with Crippen molar-refractivity contribution in [3.63, 3.8) is 0 Å². The van der Waals surface area contributed by atoms with Gasteiger partial charge >= 0.3 is 0 Å². The Kier molecular flexibility index (Phi) is 5.88. The number of unbranched alkanes of at least 4 members (excludes halogenated alkanes) is 2. The van der Waals surface area contributed by atoms with Crippen LogP contribution in [0.5, 0.6) is 0 Å². The van der Waals surface area contributed by atoms with E-state index in [0.717, 1.165) is 22.8 Å². The molecule has 0 saturated carbocycles. The molecule has 0 aliphatic rings. The summed E-state index contributed by atoms with van der Waals surface area (Å²) in [4.78, 5) is 0.372. The average molecular weight is 367 g/mol. The van der Waals surface area contributed by atoms with E-state index < -0.39 is 10.0 Å². The Morgan fingerprint density at radius 2 is 1.76 bits per heavy atom. The highest BCUT2D eigenvalue weighted by Crippen LogP contribution is 2.16. The minimum absolute atomic E-state index is 0.372. The van der Waals surface area contributed by atoms with Gasteiger partial charge in [0.15, 0.2) is 0 Å². The molecule has 0 fully saturated rings. The first-order chi connectivity index (χ1) is 7.98. The molecule has 0 radical (unpaired) electrons. The molecule has 0 aliphatic carbocycles. The molecule has 0 aliphatic heterocycles. The van der Waals surface area contributed by atoms with Crippen molar-refractivity contribution in [2.45, 2.75) is 31.1 Å². The van der Waals surface area contributed by atoms with Crippen molar-refractivity contribution in [2.24, 2.45) is 0 Å². The number of nitrogens with zero attached hydrogens (tertiary/aromatic N) is 1. The van der Waals surface area contributed by atoms with Gasteiger partial charge in [0.05, 0.1) is 4.90 Å². The fourth-order valence-electron chi connectivity index (χ4n) is 1.49. The van der Waals surface area contributed by atoms with Crippen LogP contribution in [0.1, 0.15) is 26.2 Å². The first-order valence-electron chi connectivity index (χ1n) is 5.70. The molecule has 0 bridgehead atoms. The molecular formula is C12H18INO2S. The summed E-state index contributed by atoms with van der Waals surface area (Å²) in [6, 6.07) is 6.95. The highest BCUT2D eigenvalue weighted by atomic mass is 127. The predicted octanol–water partition coefficient (Wildman–Crippen LogP) is 3.10. The molecule has 17 heavy (non-hydrogen) atoms. The summed E-state index contributed by atoms with van der Waals surface area (Å²) < 4.78 is 26.8. The van der Waals surface area contributed by atoms with Crippen molar-refractivity contribution in [3.05, 3.63) is 27.8 Å². The summed E-state index contributed by atoms with van der Waals surface area (Å²) in [5.41, 5.74) is 0. The van der Waals surface area contributed by atoms with E-state index in [9.17, 15) is 8.42 Å². The molecular weight excluding hydrogens is 349 g/mol. The van der Waals surface area contributed by atoms with Gasteiger partial charge in [0, 0.05) is 17.2 Å². The van der Waals surface area contributed by atoms with Crippen LogP contribution < -0.4 is 0 Å². The molecule has 0 spiro atoms. The Bertz CT molecular complexity index is 442. The standard InChI is InChI=1S/C12H18INO2S/c1-3-4-5-10-14(2)17(15,16)12-8-6-11(13)7-9-12/h6-9H,3-5,10H2,1-2H3. The smallest absolute Gasteiger partial charge is 0.207 e. The van der Waals surface area contributed by atoms with E-state index in [4.69, 9.17) is 0 Å². The van der Waals surface area contributed by atoms with Gasteiger partial charge in [-0.1, -0.05) is 19.8 Å². The summed E-state index contributed by atoms with van der Waals surface area (Å²) >= 11 is 2.16. The largest absolute Gasteiger partial charge is 0.242 e. The van der Waals surface area contributed by atoms with Gasteiger partial charge in [0.2, 0.25) is 10.0 Å². The normalized spacial score (nSPS) is 12.0. The van der Waals surface area contributed by atoms with Crippen LogP contribution in [0.4, 0.5) is 0 Å². The zero-order valence-corrected chi connectivity index (χ0v) is 13.2. The maximum atomic E-state index is 12.2. The van der Waals surface area contributed by atoms with Crippen LogP contribution in [0.3, 0.4) is 0 Å². The van der Waals surface area contributed by atoms with Crippen molar-refractivity contribution >= 4 is 32.6 Å². The van der Waals surface area contributed by atoms with Gasteiger partial charge in [-0.2, -0.15) is 0 Å². The van der Waals surface area contributed by atoms with Crippen LogP contribution in [0.25, 0.3) is 0 Å². The maximum Gasteiger partial charge on any atom is 0.242 e. The number of halogens is 1. The first-order valence-corrected chi connectivity index (χ1v) is 8.22. The second-order valence-corrected chi connectivity index (χ2v) is 7.28. The number of rotatable bonds is 6. The van der Waals surface area contributed by atoms with E-state index in [-0.39, 0.29) is 0 Å². The molecule has 0 amide bonds. The highest BCUT2D eigenvalue weighted by Gasteiger charge is 2.19. The SMILES string of the molecule is CCCCCN(C)S(=O)(=O)c1ccc(I)cc1. The highest BCUT2D eigenvalue weighted by molar-refractivity contribution is 14.1. The lowest BCUT2D eigenvalue weighted by Gasteiger charge is -2.16. The van der Waals surface area contributed by atoms with E-state index in [2.05, 4.69) is 29.5 Å². The first kappa shape index (κ1) is 14.9. The Labute approximate surface area is 117 Å². The quantitative estimate of drug-likeness (QED) is 0.572. The zero-order chi connectivity index (χ0) is 12.9. The van der Waals surface area contributed by atoms with Gasteiger partial charge in [0.25, 0.3) is 0 Å². The number of hydrogen-bond acceptors (Lipinski definition) is 2. The van der Waals surface area contributed by atoms with Crippen LogP contribution in [0, 0.1) is 3.57 Å². The molecule has 0 aromatic heterocycles. The van der Waals surface area contributed by atoms with E-state index in [1.54, 1.807) is 19.2 Å². The fraction of sp³-hybridized carbons (Fsp3) is 0.500. The molecule has 96 valence electrons. The summed E-state index contributed by atoms with van der Waals surface area (Å²) in [5.74, 6) is 0. The van der Waals surface area contributed by atoms with Crippen LogP contribution in [0.2, 0.25) is 0 Å². The van der Waals surface area contributed by atoms with E-state index in [1.165, 1.54) is 4.31 Å². The summed E-state index contributed by atoms with van der Waals surface area (Å²) in [6.45, 7) is 2.69. The molecule has 0 heterocycles. The minimum atomic E-state index is -3.31. The van der Waals surface area contributed by atoms with Crippen molar-refractivity contribution in [2.75, 3.05) is 13.6 Å². The fourth-order valence-corrected chi connectivity index (χ4v) is 3.06. The monoisotopic (exact) mass is 367 g/mol. The van der Waals surface area contributed by atoms with Crippen molar-refractivity contribution in [1.29, 1.82) is 0 Å². The molecule has 0 atom stereocenters. The lowest BCUT2D eigenvalue weighted by Crippen LogP contribution is -2.27. The second-order valence-electron chi connectivity index (χ2n) is 3.99. The number of hydrogen-bond donors (Lipinski definition) is 0. The van der Waals surface area contributed by atoms with Crippen LogP contribution in [-0.4, -0.2) is 26.3 Å². The molecule has 1 aromatic carbocycles. The van der Waals surface area contributed by atoms with Crippen LogP contribution >= 0.6 is 22.6 Å². The van der Waals surface area contributed by atoms with Gasteiger partial charge in [-0.15, -0.1) is 0 Å². The average Bonchev–Trinajstić information content (AvgIpc) is 2.29. The lowest BCUT2D eigenvalue weighted by atomic mass is 10.2. The molecule has 0 saturated heterocycles. The summed E-state index contributed by atoms with van der Waals surface area (Å²) in [7, 11) is -1.66. The Morgan fingerprint density at radius 3 is 2.29 bits per heavy atom. The Morgan fingerprint density at radius 1 is 1.18 bits per heavy atom. The lowest BCUT2D eigenvalue weighted by molar-refractivity contribution is 0.454. The number of benzene rings is 1. The zero-order valence-electron chi connectivity index (χ0n) is 10.2. The summed E-state index contributed by atoms with van der Waals surface area (Å²) in [6.07, 6.45) is 3.07. The molecule has 0 N–H and O–H groups in total. The third-order valence-electron chi connectivity index (χ3n) is 2.60. The Balaban J connectivity index is 2.76. The van der Waals surface area contributed by atoms with Gasteiger partial charge in [-0.25, -0.2) is 12.7 Å². The van der Waals surface area contributed by atoms with E-state index >= 15 is 0 Å². The van der Waals surface area contributed by atoms with Crippen LogP contribution in [0.15, 0.2) is 29.2 Å². The third kappa shape index (κ3) is 4.22. The predicted molar refractivity (Wildman–Crippen MR) is 78.5 cm³/mol. The van der Waals surface area contributed by atoms with Gasteiger partial charge in [-0.05, 0) is 53.3 Å². The van der Waals surface area contributed by atoms with Crippen LogP contribution in [-0.2, 0) is 10.0 Å². The maximum absolute atomic E-state index is 12.2. The molecule has 1 aromatic rings. The molecule has 0 unspecified atom stereocenters. The second kappa shape index (κ2) is 6.70. The number of sulfonamides is 1. The topological polar surface area (TPSA) is 37.4 Å². The summed E-state index contributed by atoms with van der Waals surface area (Å²) in [5, 5.41) is 0. The van der Waals surface area contributed by atoms with Gasteiger partial charge in [0.1, 0.15) is 0 Å². The molecule has 5 heteroatoms. The molecule has 1 rings (SSSR count). The van der Waals surface area contributed by atoms with E-state index in [1.807, 2.05) is 12.1 Å². The Hall–Kier alpha value is -0.140. The van der Waals surface area contributed by atoms with Crippen molar-refractivity contribution in [3.8, 4) is 0 Å². The van der Waals surface area contributed by atoms with Gasteiger partial charge in [-0.3, -0.25) is 0 Å². The molecule has 3 nitrogen and oxygen atoms in total. The van der Waals surface area contributed by atoms with Gasteiger partial charge < -0.3 is 0 Å². The van der Waals surface area contributed by atoms with Crippen molar-refractivity contribution < 1.29 is 8.42 Å². The van der Waals surface area contributed by atoms with Crippen molar-refractivity contribution in [1.82, 2.24) is 4.31 Å².